The maximum Gasteiger partial charge on any atom is 0.341 e. The van der Waals surface area contributed by atoms with E-state index in [1.54, 1.807) is 0 Å². The van der Waals surface area contributed by atoms with Gasteiger partial charge in [0, 0.05) is 34.5 Å². The second-order valence-corrected chi connectivity index (χ2v) is 8.93. The highest BCUT2D eigenvalue weighted by Crippen LogP contribution is 2.39. The Kier molecular flexibility index (Phi) is 6.53. The van der Waals surface area contributed by atoms with Crippen molar-refractivity contribution in [2.24, 2.45) is 4.99 Å². The van der Waals surface area contributed by atoms with E-state index in [4.69, 9.17) is 16.3 Å². The van der Waals surface area contributed by atoms with Crippen molar-refractivity contribution in [1.29, 1.82) is 0 Å². The molecule has 0 saturated carbocycles. The lowest BCUT2D eigenvalue weighted by Crippen LogP contribution is -2.16. The number of rotatable bonds is 7. The molecule has 0 spiro atoms. The number of sulfone groups is 1. The number of fused-ring (bicyclic) bond motifs is 1. The molecule has 0 atom stereocenters. The van der Waals surface area contributed by atoms with Crippen molar-refractivity contribution in [3.8, 4) is 11.5 Å². The fraction of sp³-hybridized carbons (Fsp3) is 0.350. The second kappa shape index (κ2) is 8.75. The van der Waals surface area contributed by atoms with Crippen molar-refractivity contribution in [2.75, 3.05) is 6.54 Å². The second-order valence-electron chi connectivity index (χ2n) is 6.61. The lowest BCUT2D eigenvalue weighted by atomic mass is 10.1. The van der Waals surface area contributed by atoms with E-state index < -0.39 is 26.3 Å². The quantitative estimate of drug-likeness (QED) is 0.506. The molecule has 0 radical (unpaired) electrons. The van der Waals surface area contributed by atoms with E-state index in [1.165, 1.54) is 12.1 Å². The number of hydrogen-bond acceptors (Lipinski definition) is 4. The van der Waals surface area contributed by atoms with Crippen molar-refractivity contribution >= 4 is 27.1 Å². The van der Waals surface area contributed by atoms with E-state index in [0.717, 1.165) is 31.0 Å². The summed E-state index contributed by atoms with van der Waals surface area (Å²) in [6.07, 6.45) is 2.49. The summed E-state index contributed by atoms with van der Waals surface area (Å²) in [7, 11) is -4.82. The number of aliphatic imine (C=N–C) groups is 1. The third-order valence-electron chi connectivity index (χ3n) is 4.55. The van der Waals surface area contributed by atoms with Gasteiger partial charge in [-0.2, -0.15) is 8.78 Å². The smallest absolute Gasteiger partial charge is 0.341 e. The summed E-state index contributed by atoms with van der Waals surface area (Å²) >= 11 is 5.85. The van der Waals surface area contributed by atoms with Crippen LogP contribution in [0.25, 0.3) is 0 Å². The first kappa shape index (κ1) is 21.6. The largest absolute Gasteiger partial charge is 0.457 e. The highest BCUT2D eigenvalue weighted by Gasteiger charge is 2.35. The van der Waals surface area contributed by atoms with Crippen LogP contribution in [-0.4, -0.2) is 26.4 Å². The Morgan fingerprint density at radius 2 is 1.97 bits per heavy atom. The third kappa shape index (κ3) is 4.59. The first-order valence-corrected chi connectivity index (χ1v) is 11.0. The van der Waals surface area contributed by atoms with Crippen LogP contribution >= 0.6 is 11.6 Å². The van der Waals surface area contributed by atoms with Crippen LogP contribution in [0.1, 0.15) is 37.3 Å². The molecule has 2 aromatic rings. The summed E-state index contributed by atoms with van der Waals surface area (Å²) < 4.78 is 70.2. The number of alkyl halides is 2. The average Bonchev–Trinajstić information content (AvgIpc) is 3.05. The summed E-state index contributed by atoms with van der Waals surface area (Å²) in [5.41, 5.74) is 1.10. The SMILES string of the molecule is CCCC/N=C1\CCc2c(Oc3cc(F)cc(Cl)c3)ccc(S(=O)(=O)C(F)F)c21. The normalized spacial score (nSPS) is 15.2. The van der Waals surface area contributed by atoms with Gasteiger partial charge in [-0.1, -0.05) is 24.9 Å². The summed E-state index contributed by atoms with van der Waals surface area (Å²) in [5, 5.41) is 0.135. The lowest BCUT2D eigenvalue weighted by Gasteiger charge is -2.15. The highest BCUT2D eigenvalue weighted by molar-refractivity contribution is 7.91. The van der Waals surface area contributed by atoms with Crippen LogP contribution < -0.4 is 4.74 Å². The molecule has 0 heterocycles. The molecule has 0 fully saturated rings. The number of unbranched alkanes of at least 4 members (excludes halogenated alkanes) is 1. The summed E-state index contributed by atoms with van der Waals surface area (Å²) in [6, 6.07) is 6.06. The first-order chi connectivity index (χ1) is 13.7. The van der Waals surface area contributed by atoms with Gasteiger partial charge >= 0.3 is 5.76 Å². The topological polar surface area (TPSA) is 55.7 Å². The van der Waals surface area contributed by atoms with Gasteiger partial charge in [0.2, 0.25) is 9.84 Å². The van der Waals surface area contributed by atoms with E-state index in [1.807, 2.05) is 6.92 Å². The Morgan fingerprint density at radius 1 is 1.21 bits per heavy atom. The summed E-state index contributed by atoms with van der Waals surface area (Å²) in [5.74, 6) is -3.76. The van der Waals surface area contributed by atoms with Crippen molar-refractivity contribution in [1.82, 2.24) is 0 Å². The minimum Gasteiger partial charge on any atom is -0.457 e. The molecule has 0 amide bonds. The van der Waals surface area contributed by atoms with Crippen LogP contribution in [0.2, 0.25) is 5.02 Å². The number of hydrogen-bond donors (Lipinski definition) is 0. The molecule has 0 bridgehead atoms. The van der Waals surface area contributed by atoms with Gasteiger partial charge in [0.15, 0.2) is 0 Å². The molecular formula is C20H19ClF3NO3S. The minimum atomic E-state index is -4.82. The molecule has 0 aromatic heterocycles. The molecule has 0 aliphatic heterocycles. The average molecular weight is 446 g/mol. The van der Waals surface area contributed by atoms with Gasteiger partial charge in [-0.3, -0.25) is 4.99 Å². The fourth-order valence-electron chi connectivity index (χ4n) is 3.21. The zero-order valence-electron chi connectivity index (χ0n) is 15.6. The molecule has 2 aromatic carbocycles. The summed E-state index contributed by atoms with van der Waals surface area (Å²) in [4.78, 5) is 3.98. The predicted molar refractivity (Wildman–Crippen MR) is 106 cm³/mol. The van der Waals surface area contributed by atoms with Crippen LogP contribution in [0.3, 0.4) is 0 Å². The molecule has 3 rings (SSSR count). The zero-order chi connectivity index (χ0) is 21.2. The maximum atomic E-state index is 13.6. The van der Waals surface area contributed by atoms with E-state index in [9.17, 15) is 21.6 Å². The molecule has 0 unspecified atom stereocenters. The van der Waals surface area contributed by atoms with E-state index in [0.29, 0.717) is 30.7 Å². The minimum absolute atomic E-state index is 0.123. The molecular weight excluding hydrogens is 427 g/mol. The molecule has 4 nitrogen and oxygen atoms in total. The van der Waals surface area contributed by atoms with Crippen LogP contribution in [0.5, 0.6) is 11.5 Å². The van der Waals surface area contributed by atoms with Gasteiger partial charge in [-0.05, 0) is 43.5 Å². The van der Waals surface area contributed by atoms with Gasteiger partial charge in [0.1, 0.15) is 17.3 Å². The monoisotopic (exact) mass is 445 g/mol. The lowest BCUT2D eigenvalue weighted by molar-refractivity contribution is 0.234. The van der Waals surface area contributed by atoms with Gasteiger partial charge in [0.05, 0.1) is 4.90 Å². The number of ether oxygens (including phenoxy) is 1. The Hall–Kier alpha value is -2.06. The van der Waals surface area contributed by atoms with Crippen molar-refractivity contribution in [2.45, 2.75) is 43.3 Å². The van der Waals surface area contributed by atoms with Crippen LogP contribution in [-0.2, 0) is 16.3 Å². The Balaban J connectivity index is 2.11. The van der Waals surface area contributed by atoms with Crippen molar-refractivity contribution in [3.63, 3.8) is 0 Å². The predicted octanol–water partition coefficient (Wildman–Crippen LogP) is 5.80. The fourth-order valence-corrected chi connectivity index (χ4v) is 4.40. The van der Waals surface area contributed by atoms with Gasteiger partial charge in [0.25, 0.3) is 0 Å². The standard InChI is InChI=1S/C20H19ClF3NO3S/c1-2-3-8-25-16-5-4-15-17(28-14-10-12(21)9-13(22)11-14)6-7-18(19(15)16)29(26,27)20(23)24/h6-7,9-11,20H,2-5,8H2,1H3/b25-16+. The third-order valence-corrected chi connectivity index (χ3v) is 6.19. The molecule has 156 valence electrons. The van der Waals surface area contributed by atoms with Crippen LogP contribution in [0.4, 0.5) is 13.2 Å². The Morgan fingerprint density at radius 3 is 2.62 bits per heavy atom. The molecule has 1 aliphatic rings. The van der Waals surface area contributed by atoms with E-state index in [2.05, 4.69) is 4.99 Å². The van der Waals surface area contributed by atoms with Gasteiger partial charge in [-0.15, -0.1) is 0 Å². The molecule has 1 aliphatic carbocycles. The Labute approximate surface area is 172 Å². The Bertz CT molecular complexity index is 1030. The van der Waals surface area contributed by atoms with Gasteiger partial charge in [-0.25, -0.2) is 12.8 Å². The zero-order valence-corrected chi connectivity index (χ0v) is 17.2. The number of halogens is 4. The van der Waals surface area contributed by atoms with Gasteiger partial charge < -0.3 is 4.74 Å². The van der Waals surface area contributed by atoms with Crippen LogP contribution in [0.15, 0.2) is 40.2 Å². The van der Waals surface area contributed by atoms with E-state index >= 15 is 0 Å². The first-order valence-electron chi connectivity index (χ1n) is 9.09. The highest BCUT2D eigenvalue weighted by atomic mass is 35.5. The maximum absolute atomic E-state index is 13.6. The van der Waals surface area contributed by atoms with Crippen molar-refractivity contribution in [3.05, 3.63) is 52.3 Å². The molecule has 0 saturated heterocycles. The van der Waals surface area contributed by atoms with Crippen molar-refractivity contribution < 1.29 is 26.3 Å². The summed E-state index contributed by atoms with van der Waals surface area (Å²) in [6.45, 7) is 2.47. The van der Waals surface area contributed by atoms with Crippen LogP contribution in [0, 0.1) is 5.82 Å². The number of nitrogens with zero attached hydrogens (tertiary/aromatic N) is 1. The van der Waals surface area contributed by atoms with E-state index in [-0.39, 0.29) is 22.1 Å². The number of benzene rings is 2. The molecule has 9 heteroatoms. The molecule has 0 N–H and O–H groups in total. The molecule has 29 heavy (non-hydrogen) atoms.